The number of aromatic amines is 1. The van der Waals surface area contributed by atoms with Gasteiger partial charge in [-0.15, -0.1) is 0 Å². The van der Waals surface area contributed by atoms with E-state index >= 15 is 0 Å². The molecule has 2 aromatic carbocycles. The van der Waals surface area contributed by atoms with Gasteiger partial charge in [-0.1, -0.05) is 12.1 Å². The first kappa shape index (κ1) is 18.0. The first-order chi connectivity index (χ1) is 13.7. The molecule has 140 valence electrons. The zero-order valence-electron chi connectivity index (χ0n) is 15.1. The van der Waals surface area contributed by atoms with Crippen molar-refractivity contribution in [3.05, 3.63) is 71.2 Å². The van der Waals surface area contributed by atoms with Crippen molar-refractivity contribution < 1.29 is 13.9 Å². The Morgan fingerprint density at radius 1 is 1.18 bits per heavy atom. The molecule has 0 saturated carbocycles. The second-order valence-corrected chi connectivity index (χ2v) is 6.58. The van der Waals surface area contributed by atoms with Crippen molar-refractivity contribution in [2.45, 2.75) is 0 Å². The van der Waals surface area contributed by atoms with Crippen LogP contribution in [0.4, 0.5) is 10.1 Å². The third-order valence-electron chi connectivity index (χ3n) is 4.83. The van der Waals surface area contributed by atoms with Crippen molar-refractivity contribution in [3.63, 3.8) is 0 Å². The van der Waals surface area contributed by atoms with Gasteiger partial charge in [0.05, 0.1) is 13.2 Å². The smallest absolute Gasteiger partial charge is 0.205 e. The number of hydrogen-bond donors (Lipinski definition) is 1. The molecule has 1 N–H and O–H groups in total. The van der Waals surface area contributed by atoms with E-state index in [0.29, 0.717) is 29.7 Å². The number of Topliss-reactive ketones (excluding diaryl/α,β-unsaturated/α-hetero) is 1. The highest BCUT2D eigenvalue weighted by molar-refractivity contribution is 6.19. The molecule has 1 aliphatic heterocycles. The van der Waals surface area contributed by atoms with E-state index < -0.39 is 5.78 Å². The number of allylic oxidation sites excluding steroid dienone is 1. The molecule has 0 bridgehead atoms. The third kappa shape index (κ3) is 3.53. The molecule has 0 amide bonds. The number of rotatable bonds is 4. The molecular weight excluding hydrogens is 357 g/mol. The molecule has 0 radical (unpaired) electrons. The fourth-order valence-electron chi connectivity index (χ4n) is 3.35. The lowest BCUT2D eigenvalue weighted by Crippen LogP contribution is -2.36. The normalized spacial score (nSPS) is 14.9. The number of ether oxygens (including phenoxy) is 1. The minimum atomic E-state index is -0.391. The molecule has 0 spiro atoms. The molecule has 6 heteroatoms. The van der Waals surface area contributed by atoms with Crippen molar-refractivity contribution in [1.82, 2.24) is 4.98 Å². The SMILES string of the molecule is N#CC(=Cc1ccc(N2CCOCC2)cc1)C(=O)c1c[nH]c2cc(F)ccc12. The van der Waals surface area contributed by atoms with Crippen molar-refractivity contribution in [2.24, 2.45) is 0 Å². The summed E-state index contributed by atoms with van der Waals surface area (Å²) in [6.45, 7) is 3.11. The molecule has 0 unspecified atom stereocenters. The highest BCUT2D eigenvalue weighted by atomic mass is 19.1. The summed E-state index contributed by atoms with van der Waals surface area (Å²) < 4.78 is 18.7. The van der Waals surface area contributed by atoms with Crippen LogP contribution in [0.25, 0.3) is 17.0 Å². The largest absolute Gasteiger partial charge is 0.378 e. The summed E-state index contributed by atoms with van der Waals surface area (Å²) in [5.41, 5.74) is 2.77. The third-order valence-corrected chi connectivity index (χ3v) is 4.83. The lowest BCUT2D eigenvalue weighted by molar-refractivity contribution is 0.104. The number of hydrogen-bond acceptors (Lipinski definition) is 4. The number of carbonyl (C=O) groups excluding carboxylic acids is 1. The van der Waals surface area contributed by atoms with Crippen molar-refractivity contribution in [3.8, 4) is 6.07 Å². The number of halogens is 1. The van der Waals surface area contributed by atoms with Crippen LogP contribution in [-0.2, 0) is 4.74 Å². The van der Waals surface area contributed by atoms with Crippen LogP contribution < -0.4 is 4.90 Å². The van der Waals surface area contributed by atoms with E-state index in [2.05, 4.69) is 9.88 Å². The molecule has 4 rings (SSSR count). The molecule has 28 heavy (non-hydrogen) atoms. The molecule has 1 saturated heterocycles. The first-order valence-electron chi connectivity index (χ1n) is 9.01. The number of carbonyl (C=O) groups is 1. The van der Waals surface area contributed by atoms with Crippen molar-refractivity contribution in [1.29, 1.82) is 5.26 Å². The van der Waals surface area contributed by atoms with Crippen molar-refractivity contribution in [2.75, 3.05) is 31.2 Å². The first-order valence-corrected chi connectivity index (χ1v) is 9.01. The van der Waals surface area contributed by atoms with Gasteiger partial charge < -0.3 is 14.6 Å². The number of ketones is 1. The summed E-state index contributed by atoms with van der Waals surface area (Å²) >= 11 is 0. The van der Waals surface area contributed by atoms with E-state index in [-0.39, 0.29) is 11.4 Å². The topological polar surface area (TPSA) is 69.1 Å². The van der Waals surface area contributed by atoms with Gasteiger partial charge in [0.2, 0.25) is 5.78 Å². The molecule has 5 nitrogen and oxygen atoms in total. The van der Waals surface area contributed by atoms with E-state index in [4.69, 9.17) is 4.74 Å². The van der Waals surface area contributed by atoms with Crippen LogP contribution in [0.3, 0.4) is 0 Å². The monoisotopic (exact) mass is 375 g/mol. The standard InChI is InChI=1S/C22H18FN3O2/c23-17-3-6-19-20(14-25-21(19)12-17)22(27)16(13-24)11-15-1-4-18(5-2-15)26-7-9-28-10-8-26/h1-6,11-12,14,25H,7-10H2. The summed E-state index contributed by atoms with van der Waals surface area (Å²) in [7, 11) is 0. The maximum absolute atomic E-state index is 13.3. The highest BCUT2D eigenvalue weighted by Gasteiger charge is 2.17. The van der Waals surface area contributed by atoms with Crippen LogP contribution >= 0.6 is 0 Å². The van der Waals surface area contributed by atoms with Crippen LogP contribution in [0.1, 0.15) is 15.9 Å². The van der Waals surface area contributed by atoms with E-state index in [1.807, 2.05) is 30.3 Å². The number of nitrogens with zero attached hydrogens (tertiary/aromatic N) is 2. The van der Waals surface area contributed by atoms with Gasteiger partial charge in [0.15, 0.2) is 0 Å². The van der Waals surface area contributed by atoms with E-state index in [9.17, 15) is 14.4 Å². The van der Waals surface area contributed by atoms with Gasteiger partial charge >= 0.3 is 0 Å². The Morgan fingerprint density at radius 2 is 1.93 bits per heavy atom. The van der Waals surface area contributed by atoms with Gasteiger partial charge in [-0.2, -0.15) is 5.26 Å². The Hall–Kier alpha value is -3.43. The zero-order chi connectivity index (χ0) is 19.5. The maximum atomic E-state index is 13.3. The Morgan fingerprint density at radius 3 is 2.64 bits per heavy atom. The Bertz CT molecular complexity index is 1090. The number of benzene rings is 2. The number of morpholine rings is 1. The van der Waals surface area contributed by atoms with Gasteiger partial charge in [-0.25, -0.2) is 4.39 Å². The Balaban J connectivity index is 1.59. The number of aromatic nitrogens is 1. The number of H-pyrrole nitrogens is 1. The fourth-order valence-corrected chi connectivity index (χ4v) is 3.35. The summed E-state index contributed by atoms with van der Waals surface area (Å²) in [5.74, 6) is -0.776. The summed E-state index contributed by atoms with van der Waals surface area (Å²) in [5, 5.41) is 10.1. The zero-order valence-corrected chi connectivity index (χ0v) is 15.1. The highest BCUT2D eigenvalue weighted by Crippen LogP contribution is 2.23. The van der Waals surface area contributed by atoms with Crippen LogP contribution in [0.15, 0.2) is 54.2 Å². The Labute approximate surface area is 161 Å². The number of fused-ring (bicyclic) bond motifs is 1. The molecule has 2 heterocycles. The second-order valence-electron chi connectivity index (χ2n) is 6.58. The van der Waals surface area contributed by atoms with Crippen LogP contribution in [0.2, 0.25) is 0 Å². The summed E-state index contributed by atoms with van der Waals surface area (Å²) in [6, 6.07) is 13.9. The Kier molecular flexibility index (Phi) is 4.92. The van der Waals surface area contributed by atoms with Gasteiger partial charge in [0.25, 0.3) is 0 Å². The second kappa shape index (κ2) is 7.67. The van der Waals surface area contributed by atoms with Gasteiger partial charge in [-0.3, -0.25) is 4.79 Å². The molecule has 3 aromatic rings. The van der Waals surface area contributed by atoms with Gasteiger partial charge in [0, 0.05) is 41.4 Å². The molecule has 1 aromatic heterocycles. The van der Waals surface area contributed by atoms with Gasteiger partial charge in [0.1, 0.15) is 17.5 Å². The lowest BCUT2D eigenvalue weighted by atomic mass is 10.0. The predicted molar refractivity (Wildman–Crippen MR) is 106 cm³/mol. The average Bonchev–Trinajstić information content (AvgIpc) is 3.15. The summed E-state index contributed by atoms with van der Waals surface area (Å²) in [6.07, 6.45) is 3.09. The van der Waals surface area contributed by atoms with E-state index in [1.54, 1.807) is 12.1 Å². The van der Waals surface area contributed by atoms with E-state index in [0.717, 1.165) is 24.3 Å². The van der Waals surface area contributed by atoms with E-state index in [1.165, 1.54) is 18.3 Å². The lowest BCUT2D eigenvalue weighted by Gasteiger charge is -2.28. The minimum Gasteiger partial charge on any atom is -0.378 e. The molecule has 1 fully saturated rings. The van der Waals surface area contributed by atoms with Crippen LogP contribution in [0.5, 0.6) is 0 Å². The van der Waals surface area contributed by atoms with Crippen LogP contribution in [0, 0.1) is 17.1 Å². The molecule has 0 aliphatic carbocycles. The molecular formula is C22H18FN3O2. The summed E-state index contributed by atoms with van der Waals surface area (Å²) in [4.78, 5) is 17.9. The minimum absolute atomic E-state index is 0.0318. The fraction of sp³-hybridized carbons (Fsp3) is 0.182. The maximum Gasteiger partial charge on any atom is 0.205 e. The number of nitrogens with one attached hydrogen (secondary N) is 1. The number of nitriles is 1. The molecule has 0 atom stereocenters. The van der Waals surface area contributed by atoms with Gasteiger partial charge in [-0.05, 0) is 42.0 Å². The average molecular weight is 375 g/mol. The van der Waals surface area contributed by atoms with Crippen molar-refractivity contribution >= 4 is 28.4 Å². The number of anilines is 1. The quantitative estimate of drug-likeness (QED) is 0.426. The predicted octanol–water partition coefficient (Wildman–Crippen LogP) is 3.93. The van der Waals surface area contributed by atoms with Crippen LogP contribution in [-0.4, -0.2) is 37.1 Å². The molecule has 1 aliphatic rings.